The summed E-state index contributed by atoms with van der Waals surface area (Å²) in [7, 11) is 0. The third-order valence-corrected chi connectivity index (χ3v) is 4.41. The number of amides is 1. The number of hydrogen-bond acceptors (Lipinski definition) is 6. The molecule has 1 aromatic carbocycles. The molecule has 0 aliphatic carbocycles. The lowest BCUT2D eigenvalue weighted by molar-refractivity contribution is -0.114. The Balaban J connectivity index is 1.75. The molecule has 25 heavy (non-hydrogen) atoms. The number of anilines is 1. The van der Waals surface area contributed by atoms with Gasteiger partial charge in [0.1, 0.15) is 15.6 Å². The Bertz CT molecular complexity index is 905. The second-order valence-corrected chi connectivity index (χ2v) is 6.24. The van der Waals surface area contributed by atoms with Crippen molar-refractivity contribution in [1.29, 1.82) is 0 Å². The number of nitrogens with one attached hydrogen (secondary N) is 1. The fourth-order valence-corrected chi connectivity index (χ4v) is 3.07. The number of rotatable bonds is 4. The molecule has 0 bridgehead atoms. The maximum atomic E-state index is 12.4. The first kappa shape index (κ1) is 16.8. The van der Waals surface area contributed by atoms with Crippen molar-refractivity contribution in [3.05, 3.63) is 59.2 Å². The SMILES string of the molecule is CC(=O)Nc1ccc(OC(=O)c2sc(-c3ccccn3)nc2C)cc1. The summed E-state index contributed by atoms with van der Waals surface area (Å²) in [6.45, 7) is 3.19. The van der Waals surface area contributed by atoms with E-state index in [0.29, 0.717) is 32.7 Å². The minimum Gasteiger partial charge on any atom is -0.422 e. The van der Waals surface area contributed by atoms with Crippen molar-refractivity contribution in [3.8, 4) is 16.5 Å². The van der Waals surface area contributed by atoms with Gasteiger partial charge in [0.05, 0.1) is 11.4 Å². The lowest BCUT2D eigenvalue weighted by Gasteiger charge is -2.05. The summed E-state index contributed by atoms with van der Waals surface area (Å²) in [6, 6.07) is 12.1. The number of esters is 1. The smallest absolute Gasteiger partial charge is 0.355 e. The fourth-order valence-electron chi connectivity index (χ4n) is 2.15. The minimum atomic E-state index is -0.468. The zero-order chi connectivity index (χ0) is 17.8. The molecule has 0 atom stereocenters. The van der Waals surface area contributed by atoms with Crippen LogP contribution in [-0.2, 0) is 4.79 Å². The number of aromatic nitrogens is 2. The molecule has 2 aromatic heterocycles. The number of thiazole rings is 1. The van der Waals surface area contributed by atoms with Gasteiger partial charge in [0.2, 0.25) is 5.91 Å². The van der Waals surface area contributed by atoms with E-state index in [1.807, 2.05) is 18.2 Å². The number of ether oxygens (including phenoxy) is 1. The van der Waals surface area contributed by atoms with Gasteiger partial charge in [0.25, 0.3) is 0 Å². The molecule has 0 aliphatic heterocycles. The Morgan fingerprint density at radius 3 is 2.52 bits per heavy atom. The molecular formula is C18H15N3O3S. The summed E-state index contributed by atoms with van der Waals surface area (Å²) in [6.07, 6.45) is 1.68. The lowest BCUT2D eigenvalue weighted by atomic mass is 10.3. The Kier molecular flexibility index (Phi) is 4.85. The van der Waals surface area contributed by atoms with Gasteiger partial charge >= 0.3 is 5.97 Å². The highest BCUT2D eigenvalue weighted by atomic mass is 32.1. The molecule has 3 rings (SSSR count). The van der Waals surface area contributed by atoms with E-state index in [-0.39, 0.29) is 5.91 Å². The Labute approximate surface area is 148 Å². The van der Waals surface area contributed by atoms with Crippen molar-refractivity contribution in [1.82, 2.24) is 9.97 Å². The van der Waals surface area contributed by atoms with E-state index in [9.17, 15) is 9.59 Å². The van der Waals surface area contributed by atoms with E-state index >= 15 is 0 Å². The average Bonchev–Trinajstić information content (AvgIpc) is 2.99. The third kappa shape index (κ3) is 4.07. The fraction of sp³-hybridized carbons (Fsp3) is 0.111. The summed E-state index contributed by atoms with van der Waals surface area (Å²) >= 11 is 1.25. The first-order valence-corrected chi connectivity index (χ1v) is 8.33. The van der Waals surface area contributed by atoms with Gasteiger partial charge in [-0.05, 0) is 43.3 Å². The van der Waals surface area contributed by atoms with Gasteiger partial charge in [-0.25, -0.2) is 9.78 Å². The molecule has 0 spiro atoms. The van der Waals surface area contributed by atoms with Crippen LogP contribution in [0.1, 0.15) is 22.3 Å². The normalized spacial score (nSPS) is 10.3. The van der Waals surface area contributed by atoms with Crippen LogP contribution in [0.5, 0.6) is 5.75 Å². The summed E-state index contributed by atoms with van der Waals surface area (Å²) in [5, 5.41) is 3.33. The van der Waals surface area contributed by atoms with Crippen molar-refractivity contribution in [2.24, 2.45) is 0 Å². The highest BCUT2D eigenvalue weighted by Gasteiger charge is 2.18. The maximum absolute atomic E-state index is 12.4. The monoisotopic (exact) mass is 353 g/mol. The number of carbonyl (C=O) groups excluding carboxylic acids is 2. The van der Waals surface area contributed by atoms with Gasteiger partial charge in [0, 0.05) is 18.8 Å². The summed E-state index contributed by atoms with van der Waals surface area (Å²) < 4.78 is 5.39. The van der Waals surface area contributed by atoms with Crippen LogP contribution in [0, 0.1) is 6.92 Å². The van der Waals surface area contributed by atoms with Crippen LogP contribution in [0.25, 0.3) is 10.7 Å². The summed E-state index contributed by atoms with van der Waals surface area (Å²) in [4.78, 5) is 32.5. The van der Waals surface area contributed by atoms with Crippen LogP contribution >= 0.6 is 11.3 Å². The van der Waals surface area contributed by atoms with Gasteiger partial charge in [-0.1, -0.05) is 6.07 Å². The Hall–Kier alpha value is -3.06. The number of benzene rings is 1. The first-order valence-electron chi connectivity index (χ1n) is 7.51. The summed E-state index contributed by atoms with van der Waals surface area (Å²) in [5.74, 6) is -0.233. The molecule has 7 heteroatoms. The summed E-state index contributed by atoms with van der Waals surface area (Å²) in [5.41, 5.74) is 1.96. The van der Waals surface area contributed by atoms with E-state index < -0.39 is 5.97 Å². The van der Waals surface area contributed by atoms with Crippen LogP contribution < -0.4 is 10.1 Å². The number of carbonyl (C=O) groups is 2. The van der Waals surface area contributed by atoms with E-state index in [2.05, 4.69) is 15.3 Å². The minimum absolute atomic E-state index is 0.160. The van der Waals surface area contributed by atoms with E-state index in [1.54, 1.807) is 37.4 Å². The van der Waals surface area contributed by atoms with Gasteiger partial charge in [-0.2, -0.15) is 0 Å². The molecule has 0 saturated heterocycles. The largest absolute Gasteiger partial charge is 0.422 e. The van der Waals surface area contributed by atoms with Crippen LogP contribution in [-0.4, -0.2) is 21.8 Å². The number of hydrogen-bond donors (Lipinski definition) is 1. The molecule has 0 unspecified atom stereocenters. The molecule has 2 heterocycles. The molecule has 0 fully saturated rings. The standard InChI is InChI=1S/C18H15N3O3S/c1-11-16(25-17(20-11)15-5-3-4-10-19-15)18(23)24-14-8-6-13(7-9-14)21-12(2)22/h3-10H,1-2H3,(H,21,22). The zero-order valence-corrected chi connectivity index (χ0v) is 14.5. The zero-order valence-electron chi connectivity index (χ0n) is 13.6. The van der Waals surface area contributed by atoms with Crippen molar-refractivity contribution in [2.45, 2.75) is 13.8 Å². The van der Waals surface area contributed by atoms with Crippen LogP contribution in [0.2, 0.25) is 0 Å². The van der Waals surface area contributed by atoms with Crippen molar-refractivity contribution < 1.29 is 14.3 Å². The van der Waals surface area contributed by atoms with E-state index in [1.165, 1.54) is 18.3 Å². The molecule has 0 saturated carbocycles. The molecular weight excluding hydrogens is 338 g/mol. The number of aryl methyl sites for hydroxylation is 1. The molecule has 0 aliphatic rings. The van der Waals surface area contributed by atoms with Crippen molar-refractivity contribution in [2.75, 3.05) is 5.32 Å². The second-order valence-electron chi connectivity index (χ2n) is 5.24. The quantitative estimate of drug-likeness (QED) is 0.571. The predicted molar refractivity (Wildman–Crippen MR) is 95.8 cm³/mol. The van der Waals surface area contributed by atoms with Gasteiger partial charge in [0.15, 0.2) is 0 Å². The molecule has 1 N–H and O–H groups in total. The predicted octanol–water partition coefficient (Wildman–Crippen LogP) is 3.69. The Morgan fingerprint density at radius 2 is 1.88 bits per heavy atom. The number of nitrogens with zero attached hydrogens (tertiary/aromatic N) is 2. The second kappa shape index (κ2) is 7.23. The van der Waals surface area contributed by atoms with Crippen LogP contribution in [0.15, 0.2) is 48.7 Å². The highest BCUT2D eigenvalue weighted by Crippen LogP contribution is 2.27. The molecule has 3 aromatic rings. The van der Waals surface area contributed by atoms with Gasteiger partial charge in [-0.3, -0.25) is 9.78 Å². The maximum Gasteiger partial charge on any atom is 0.355 e. The van der Waals surface area contributed by atoms with Gasteiger partial charge < -0.3 is 10.1 Å². The van der Waals surface area contributed by atoms with Crippen LogP contribution in [0.3, 0.4) is 0 Å². The molecule has 126 valence electrons. The third-order valence-electron chi connectivity index (χ3n) is 3.25. The highest BCUT2D eigenvalue weighted by molar-refractivity contribution is 7.17. The average molecular weight is 353 g/mol. The molecule has 6 nitrogen and oxygen atoms in total. The van der Waals surface area contributed by atoms with Crippen molar-refractivity contribution in [3.63, 3.8) is 0 Å². The van der Waals surface area contributed by atoms with Gasteiger partial charge in [-0.15, -0.1) is 11.3 Å². The number of pyridine rings is 1. The topological polar surface area (TPSA) is 81.2 Å². The van der Waals surface area contributed by atoms with Crippen LogP contribution in [0.4, 0.5) is 5.69 Å². The lowest BCUT2D eigenvalue weighted by Crippen LogP contribution is -2.08. The van der Waals surface area contributed by atoms with E-state index in [0.717, 1.165) is 0 Å². The van der Waals surface area contributed by atoms with Crippen molar-refractivity contribution >= 4 is 28.9 Å². The molecule has 1 amide bonds. The molecule has 0 radical (unpaired) electrons. The Morgan fingerprint density at radius 1 is 1.12 bits per heavy atom. The van der Waals surface area contributed by atoms with E-state index in [4.69, 9.17) is 4.74 Å². The first-order chi connectivity index (χ1) is 12.0.